The monoisotopic (exact) mass is 227 g/mol. The molecule has 0 spiro atoms. The number of aliphatic hydroxyl groups excluding tert-OH is 1. The topological polar surface area (TPSA) is 40.5 Å². The summed E-state index contributed by atoms with van der Waals surface area (Å²) in [5.41, 5.74) is 0.703. The van der Waals surface area contributed by atoms with Crippen LogP contribution in [0.5, 0.6) is 0 Å². The minimum Gasteiger partial charge on any atom is -0.388 e. The van der Waals surface area contributed by atoms with Crippen LogP contribution in [-0.2, 0) is 4.79 Å². The number of nitrogens with zero attached hydrogens (tertiary/aromatic N) is 1. The smallest absolute Gasteiger partial charge is 0.225 e. The standard InChI is InChI=1S/C11H14ClNO2/c1-13(2)11(15)7-10(14)8-3-5-9(12)6-4-8/h3-6,10,14H,7H2,1-2H3. The average Bonchev–Trinajstić information content (AvgIpc) is 2.18. The van der Waals surface area contributed by atoms with Gasteiger partial charge in [-0.25, -0.2) is 0 Å². The van der Waals surface area contributed by atoms with E-state index >= 15 is 0 Å². The van der Waals surface area contributed by atoms with E-state index < -0.39 is 6.10 Å². The highest BCUT2D eigenvalue weighted by molar-refractivity contribution is 6.30. The van der Waals surface area contributed by atoms with Crippen molar-refractivity contribution in [3.63, 3.8) is 0 Å². The SMILES string of the molecule is CN(C)C(=O)CC(O)c1ccc(Cl)cc1. The molecular formula is C11H14ClNO2. The number of carbonyl (C=O) groups is 1. The lowest BCUT2D eigenvalue weighted by Crippen LogP contribution is -2.23. The molecule has 0 heterocycles. The fourth-order valence-corrected chi connectivity index (χ4v) is 1.28. The van der Waals surface area contributed by atoms with Crippen molar-refractivity contribution in [2.75, 3.05) is 14.1 Å². The van der Waals surface area contributed by atoms with Gasteiger partial charge in [0.25, 0.3) is 0 Å². The third kappa shape index (κ3) is 3.53. The Morgan fingerprint density at radius 2 is 1.93 bits per heavy atom. The van der Waals surface area contributed by atoms with Crippen LogP contribution in [0.2, 0.25) is 5.02 Å². The Labute approximate surface area is 94.3 Å². The highest BCUT2D eigenvalue weighted by atomic mass is 35.5. The Kier molecular flexibility index (Phi) is 4.12. The summed E-state index contributed by atoms with van der Waals surface area (Å²) in [5, 5.41) is 10.4. The summed E-state index contributed by atoms with van der Waals surface area (Å²) < 4.78 is 0. The molecule has 0 aliphatic heterocycles. The molecular weight excluding hydrogens is 214 g/mol. The molecule has 4 heteroatoms. The predicted molar refractivity (Wildman–Crippen MR) is 59.7 cm³/mol. The van der Waals surface area contributed by atoms with Crippen LogP contribution >= 0.6 is 11.6 Å². The Morgan fingerprint density at radius 3 is 2.40 bits per heavy atom. The Bertz CT molecular complexity index is 335. The summed E-state index contributed by atoms with van der Waals surface area (Å²) >= 11 is 5.72. The Balaban J connectivity index is 2.65. The van der Waals surface area contributed by atoms with E-state index in [4.69, 9.17) is 11.6 Å². The van der Waals surface area contributed by atoms with Crippen molar-refractivity contribution >= 4 is 17.5 Å². The molecule has 1 aromatic carbocycles. The molecule has 1 amide bonds. The molecule has 82 valence electrons. The second kappa shape index (κ2) is 5.14. The molecule has 0 aromatic heterocycles. The molecule has 1 aromatic rings. The lowest BCUT2D eigenvalue weighted by atomic mass is 10.1. The van der Waals surface area contributed by atoms with Crippen molar-refractivity contribution in [2.24, 2.45) is 0 Å². The van der Waals surface area contributed by atoms with Gasteiger partial charge in [0.1, 0.15) is 0 Å². The van der Waals surface area contributed by atoms with Gasteiger partial charge >= 0.3 is 0 Å². The molecule has 0 saturated heterocycles. The van der Waals surface area contributed by atoms with E-state index in [0.717, 1.165) is 0 Å². The first kappa shape index (κ1) is 12.0. The Morgan fingerprint density at radius 1 is 1.40 bits per heavy atom. The van der Waals surface area contributed by atoms with E-state index in [1.54, 1.807) is 38.4 Å². The van der Waals surface area contributed by atoms with Crippen molar-refractivity contribution in [2.45, 2.75) is 12.5 Å². The van der Waals surface area contributed by atoms with Crippen LogP contribution in [0.3, 0.4) is 0 Å². The van der Waals surface area contributed by atoms with E-state index in [1.165, 1.54) is 4.90 Å². The summed E-state index contributed by atoms with van der Waals surface area (Å²) in [6.07, 6.45) is -0.675. The normalized spacial score (nSPS) is 12.3. The van der Waals surface area contributed by atoms with Crippen LogP contribution in [0.1, 0.15) is 18.1 Å². The maximum Gasteiger partial charge on any atom is 0.225 e. The van der Waals surface area contributed by atoms with E-state index in [2.05, 4.69) is 0 Å². The summed E-state index contributed by atoms with van der Waals surface area (Å²) in [7, 11) is 3.33. The number of carbonyl (C=O) groups excluding carboxylic acids is 1. The minimum absolute atomic E-state index is 0.0919. The van der Waals surface area contributed by atoms with Crippen molar-refractivity contribution in [1.29, 1.82) is 0 Å². The highest BCUT2D eigenvalue weighted by Crippen LogP contribution is 2.19. The molecule has 0 fully saturated rings. The van der Waals surface area contributed by atoms with Crippen LogP contribution in [0.4, 0.5) is 0 Å². The predicted octanol–water partition coefficient (Wildman–Crippen LogP) is 1.85. The minimum atomic E-state index is -0.767. The van der Waals surface area contributed by atoms with Crippen LogP contribution < -0.4 is 0 Å². The second-order valence-electron chi connectivity index (χ2n) is 3.56. The average molecular weight is 228 g/mol. The Hall–Kier alpha value is -1.06. The van der Waals surface area contributed by atoms with E-state index in [9.17, 15) is 9.90 Å². The molecule has 1 N–H and O–H groups in total. The third-order valence-electron chi connectivity index (χ3n) is 2.12. The zero-order chi connectivity index (χ0) is 11.4. The number of aliphatic hydroxyl groups is 1. The quantitative estimate of drug-likeness (QED) is 0.856. The first-order valence-corrected chi connectivity index (χ1v) is 5.02. The molecule has 1 atom stereocenters. The second-order valence-corrected chi connectivity index (χ2v) is 4.00. The van der Waals surface area contributed by atoms with Gasteiger partial charge in [-0.3, -0.25) is 4.79 Å². The van der Waals surface area contributed by atoms with Crippen LogP contribution in [0.15, 0.2) is 24.3 Å². The van der Waals surface area contributed by atoms with Gasteiger partial charge in [0.15, 0.2) is 0 Å². The van der Waals surface area contributed by atoms with Gasteiger partial charge in [0.05, 0.1) is 12.5 Å². The molecule has 1 rings (SSSR count). The summed E-state index contributed by atoms with van der Waals surface area (Å²) in [5.74, 6) is -0.0996. The summed E-state index contributed by atoms with van der Waals surface area (Å²) in [4.78, 5) is 12.8. The molecule has 1 unspecified atom stereocenters. The molecule has 0 aliphatic rings. The number of rotatable bonds is 3. The first-order chi connectivity index (χ1) is 7.00. The molecule has 0 radical (unpaired) electrons. The van der Waals surface area contributed by atoms with Crippen LogP contribution in [0, 0.1) is 0 Å². The molecule has 3 nitrogen and oxygen atoms in total. The van der Waals surface area contributed by atoms with Gasteiger partial charge in [-0.1, -0.05) is 23.7 Å². The number of amides is 1. The van der Waals surface area contributed by atoms with Gasteiger partial charge in [-0.15, -0.1) is 0 Å². The van der Waals surface area contributed by atoms with Crippen molar-refractivity contribution in [3.05, 3.63) is 34.9 Å². The fraction of sp³-hybridized carbons (Fsp3) is 0.364. The van der Waals surface area contributed by atoms with Gasteiger partial charge in [-0.2, -0.15) is 0 Å². The van der Waals surface area contributed by atoms with Crippen LogP contribution in [-0.4, -0.2) is 30.0 Å². The van der Waals surface area contributed by atoms with E-state index in [0.29, 0.717) is 10.6 Å². The highest BCUT2D eigenvalue weighted by Gasteiger charge is 2.13. The largest absolute Gasteiger partial charge is 0.388 e. The fourth-order valence-electron chi connectivity index (χ4n) is 1.15. The molecule has 0 bridgehead atoms. The summed E-state index contributed by atoms with van der Waals surface area (Å²) in [6, 6.07) is 6.83. The van der Waals surface area contributed by atoms with Crippen LogP contribution in [0.25, 0.3) is 0 Å². The number of benzene rings is 1. The lowest BCUT2D eigenvalue weighted by Gasteiger charge is -2.14. The molecule has 0 aliphatic carbocycles. The maximum atomic E-state index is 11.3. The van der Waals surface area contributed by atoms with Gasteiger partial charge in [-0.05, 0) is 17.7 Å². The first-order valence-electron chi connectivity index (χ1n) is 4.64. The summed E-state index contributed by atoms with van der Waals surface area (Å²) in [6.45, 7) is 0. The number of halogens is 1. The molecule has 15 heavy (non-hydrogen) atoms. The van der Waals surface area contributed by atoms with Crippen molar-refractivity contribution in [3.8, 4) is 0 Å². The lowest BCUT2D eigenvalue weighted by molar-refractivity contribution is -0.130. The van der Waals surface area contributed by atoms with Gasteiger partial charge < -0.3 is 10.0 Å². The van der Waals surface area contributed by atoms with Crippen molar-refractivity contribution in [1.82, 2.24) is 4.90 Å². The number of hydrogen-bond donors (Lipinski definition) is 1. The van der Waals surface area contributed by atoms with Crippen molar-refractivity contribution < 1.29 is 9.90 Å². The zero-order valence-corrected chi connectivity index (χ0v) is 9.53. The zero-order valence-electron chi connectivity index (χ0n) is 8.77. The third-order valence-corrected chi connectivity index (χ3v) is 2.37. The van der Waals surface area contributed by atoms with Gasteiger partial charge in [0, 0.05) is 19.1 Å². The molecule has 0 saturated carbocycles. The van der Waals surface area contributed by atoms with Gasteiger partial charge in [0.2, 0.25) is 5.91 Å². The maximum absolute atomic E-state index is 11.3. The van der Waals surface area contributed by atoms with E-state index in [-0.39, 0.29) is 12.3 Å². The number of hydrogen-bond acceptors (Lipinski definition) is 2. The van der Waals surface area contributed by atoms with E-state index in [1.807, 2.05) is 0 Å².